The first-order chi connectivity index (χ1) is 9.04. The molecule has 104 valence electrons. The molecule has 0 amide bonds. The molecule has 0 bridgehead atoms. The van der Waals surface area contributed by atoms with Gasteiger partial charge >= 0.3 is 5.97 Å². The van der Waals surface area contributed by atoms with Crippen molar-refractivity contribution in [3.05, 3.63) is 34.9 Å². The van der Waals surface area contributed by atoms with E-state index in [1.165, 1.54) is 0 Å². The molecule has 1 aliphatic heterocycles. The molecule has 1 N–H and O–H groups in total. The smallest absolute Gasteiger partial charge is 0.335 e. The van der Waals surface area contributed by atoms with E-state index < -0.39 is 5.97 Å². The van der Waals surface area contributed by atoms with Gasteiger partial charge in [0.15, 0.2) is 0 Å². The van der Waals surface area contributed by atoms with Crippen LogP contribution in [0.4, 0.5) is 0 Å². The first-order valence-electron chi connectivity index (χ1n) is 6.65. The fraction of sp³-hybridized carbons (Fsp3) is 0.533. The predicted octanol–water partition coefficient (Wildman–Crippen LogP) is 2.17. The van der Waals surface area contributed by atoms with Crippen LogP contribution in [0.3, 0.4) is 0 Å². The topological polar surface area (TPSA) is 49.8 Å². The van der Waals surface area contributed by atoms with Crippen molar-refractivity contribution in [3.8, 4) is 0 Å². The van der Waals surface area contributed by atoms with Crippen LogP contribution < -0.4 is 0 Å². The van der Waals surface area contributed by atoms with Gasteiger partial charge in [0.25, 0.3) is 0 Å². The van der Waals surface area contributed by atoms with Crippen molar-refractivity contribution >= 4 is 5.97 Å². The van der Waals surface area contributed by atoms with E-state index in [0.717, 1.165) is 30.6 Å². The molecule has 1 aliphatic rings. The summed E-state index contributed by atoms with van der Waals surface area (Å²) >= 11 is 0. The lowest BCUT2D eigenvalue weighted by Gasteiger charge is -2.36. The fourth-order valence-corrected chi connectivity index (χ4v) is 2.67. The molecule has 2 atom stereocenters. The summed E-state index contributed by atoms with van der Waals surface area (Å²) in [4.78, 5) is 13.6. The van der Waals surface area contributed by atoms with Crippen LogP contribution in [0.2, 0.25) is 0 Å². The minimum absolute atomic E-state index is 0.171. The molecule has 0 saturated carbocycles. The molecule has 1 aromatic carbocycles. The van der Waals surface area contributed by atoms with E-state index in [-0.39, 0.29) is 6.10 Å². The molecule has 4 heteroatoms. The van der Waals surface area contributed by atoms with Gasteiger partial charge in [-0.3, -0.25) is 4.90 Å². The highest BCUT2D eigenvalue weighted by molar-refractivity contribution is 5.89. The van der Waals surface area contributed by atoms with Gasteiger partial charge < -0.3 is 9.84 Å². The van der Waals surface area contributed by atoms with E-state index in [1.54, 1.807) is 13.2 Å². The minimum atomic E-state index is -0.830. The third kappa shape index (κ3) is 2.80. The lowest BCUT2D eigenvalue weighted by Crippen LogP contribution is -2.44. The van der Waals surface area contributed by atoms with Crippen molar-refractivity contribution in [2.75, 3.05) is 13.7 Å². The highest BCUT2D eigenvalue weighted by Crippen LogP contribution is 2.25. The number of nitrogens with zero attached hydrogens (tertiary/aromatic N) is 1. The first-order valence-corrected chi connectivity index (χ1v) is 6.65. The van der Waals surface area contributed by atoms with Crippen LogP contribution in [0.25, 0.3) is 0 Å². The van der Waals surface area contributed by atoms with Crippen molar-refractivity contribution in [1.82, 2.24) is 4.90 Å². The van der Waals surface area contributed by atoms with Crippen LogP contribution >= 0.6 is 0 Å². The Kier molecular flexibility index (Phi) is 4.22. The van der Waals surface area contributed by atoms with Crippen molar-refractivity contribution < 1.29 is 14.6 Å². The van der Waals surface area contributed by atoms with Gasteiger partial charge in [0.1, 0.15) is 0 Å². The first kappa shape index (κ1) is 14.0. The monoisotopic (exact) mass is 263 g/mol. The average Bonchev–Trinajstić information content (AvgIpc) is 2.44. The van der Waals surface area contributed by atoms with Crippen molar-refractivity contribution in [1.29, 1.82) is 0 Å². The number of hydrogen-bond acceptors (Lipinski definition) is 3. The van der Waals surface area contributed by atoms with Crippen LogP contribution in [0.15, 0.2) is 18.2 Å². The van der Waals surface area contributed by atoms with Crippen molar-refractivity contribution in [2.24, 2.45) is 0 Å². The molecule has 0 saturated heterocycles. The van der Waals surface area contributed by atoms with Crippen LogP contribution in [0.5, 0.6) is 0 Å². The van der Waals surface area contributed by atoms with Gasteiger partial charge in [-0.15, -0.1) is 0 Å². The summed E-state index contributed by atoms with van der Waals surface area (Å²) in [6, 6.07) is 5.87. The minimum Gasteiger partial charge on any atom is -0.478 e. The number of hydrogen-bond donors (Lipinski definition) is 1. The van der Waals surface area contributed by atoms with Crippen LogP contribution in [-0.2, 0) is 17.7 Å². The second-order valence-electron chi connectivity index (χ2n) is 5.15. The molecule has 1 heterocycles. The summed E-state index contributed by atoms with van der Waals surface area (Å²) in [6.07, 6.45) is 0.961. The molecule has 0 fully saturated rings. The van der Waals surface area contributed by atoms with Gasteiger partial charge in [0.2, 0.25) is 0 Å². The summed E-state index contributed by atoms with van der Waals surface area (Å²) < 4.78 is 5.38. The quantitative estimate of drug-likeness (QED) is 0.904. The standard InChI is InChI=1S/C15H21NO3/c1-10(11(2)19-3)16-8-7-13-12(9-16)5-4-6-14(13)15(17)18/h4-6,10-11H,7-9H2,1-3H3,(H,17,18). The summed E-state index contributed by atoms with van der Waals surface area (Å²) in [6.45, 7) is 5.89. The number of carboxylic acids is 1. The number of ether oxygens (including phenoxy) is 1. The highest BCUT2D eigenvalue weighted by atomic mass is 16.5. The third-order valence-electron chi connectivity index (χ3n) is 4.15. The van der Waals surface area contributed by atoms with Gasteiger partial charge in [-0.25, -0.2) is 4.79 Å². The second kappa shape index (κ2) is 5.72. The lowest BCUT2D eigenvalue weighted by molar-refractivity contribution is 0.0274. The molecular formula is C15H21NO3. The molecule has 0 radical (unpaired) electrons. The van der Waals surface area contributed by atoms with Gasteiger partial charge in [-0.2, -0.15) is 0 Å². The average molecular weight is 263 g/mol. The number of fused-ring (bicyclic) bond motifs is 1. The highest BCUT2D eigenvalue weighted by Gasteiger charge is 2.26. The van der Waals surface area contributed by atoms with Crippen molar-refractivity contribution in [2.45, 2.75) is 39.0 Å². The third-order valence-corrected chi connectivity index (χ3v) is 4.15. The molecule has 2 unspecified atom stereocenters. The molecule has 0 spiro atoms. The zero-order valence-corrected chi connectivity index (χ0v) is 11.7. The van der Waals surface area contributed by atoms with Crippen molar-refractivity contribution in [3.63, 3.8) is 0 Å². The lowest BCUT2D eigenvalue weighted by atomic mass is 9.93. The maximum atomic E-state index is 11.2. The van der Waals surface area contributed by atoms with Gasteiger partial charge in [-0.05, 0) is 37.5 Å². The Morgan fingerprint density at radius 1 is 1.42 bits per heavy atom. The van der Waals surface area contributed by atoms with E-state index in [1.807, 2.05) is 12.1 Å². The molecular weight excluding hydrogens is 242 g/mol. The molecule has 0 aromatic heterocycles. The fourth-order valence-electron chi connectivity index (χ4n) is 2.67. The normalized spacial score (nSPS) is 18.7. The van der Waals surface area contributed by atoms with E-state index >= 15 is 0 Å². The molecule has 4 nitrogen and oxygen atoms in total. The number of rotatable bonds is 4. The number of methoxy groups -OCH3 is 1. The van der Waals surface area contributed by atoms with Crippen LogP contribution in [0.1, 0.15) is 35.3 Å². The number of carbonyl (C=O) groups is 1. The zero-order chi connectivity index (χ0) is 14.0. The molecule has 19 heavy (non-hydrogen) atoms. The second-order valence-corrected chi connectivity index (χ2v) is 5.15. The Labute approximate surface area is 114 Å². The Morgan fingerprint density at radius 3 is 2.79 bits per heavy atom. The van der Waals surface area contributed by atoms with E-state index in [4.69, 9.17) is 4.74 Å². The number of aromatic carboxylic acids is 1. The Hall–Kier alpha value is -1.39. The van der Waals surface area contributed by atoms with Gasteiger partial charge in [-0.1, -0.05) is 12.1 Å². The molecule has 2 rings (SSSR count). The Morgan fingerprint density at radius 2 is 2.16 bits per heavy atom. The predicted molar refractivity (Wildman–Crippen MR) is 73.4 cm³/mol. The summed E-state index contributed by atoms with van der Waals surface area (Å²) in [7, 11) is 1.72. The Balaban J connectivity index is 2.21. The van der Waals surface area contributed by atoms with Crippen LogP contribution in [-0.4, -0.2) is 41.8 Å². The SMILES string of the molecule is COC(C)C(C)N1CCc2c(cccc2C(=O)O)C1. The van der Waals surface area contributed by atoms with E-state index in [0.29, 0.717) is 11.6 Å². The van der Waals surface area contributed by atoms with Gasteiger partial charge in [0.05, 0.1) is 11.7 Å². The maximum absolute atomic E-state index is 11.2. The van der Waals surface area contributed by atoms with E-state index in [2.05, 4.69) is 18.7 Å². The largest absolute Gasteiger partial charge is 0.478 e. The maximum Gasteiger partial charge on any atom is 0.335 e. The summed E-state index contributed by atoms with van der Waals surface area (Å²) in [5, 5.41) is 9.21. The summed E-state index contributed by atoms with van der Waals surface area (Å²) in [5.41, 5.74) is 2.56. The molecule has 0 aliphatic carbocycles. The van der Waals surface area contributed by atoms with E-state index in [9.17, 15) is 9.90 Å². The molecule has 1 aromatic rings. The zero-order valence-electron chi connectivity index (χ0n) is 11.7. The van der Waals surface area contributed by atoms with Crippen LogP contribution in [0, 0.1) is 0 Å². The summed E-state index contributed by atoms with van der Waals surface area (Å²) in [5.74, 6) is -0.830. The van der Waals surface area contributed by atoms with Gasteiger partial charge in [0, 0.05) is 26.2 Å². The number of carboxylic acid groups (broad SMARTS) is 1. The number of benzene rings is 1. The Bertz CT molecular complexity index is 472.